The average Bonchev–Trinajstić information content (AvgIpc) is 1.99. The van der Waals surface area contributed by atoms with Gasteiger partial charge in [-0.05, 0) is 26.0 Å². The Balaban J connectivity index is 4.00. The molecule has 12 heavy (non-hydrogen) atoms. The van der Waals surface area contributed by atoms with Crippen LogP contribution in [0.1, 0.15) is 33.6 Å². The second-order valence-electron chi connectivity index (χ2n) is 3.15. The SMILES string of the molecule is CCCN(C(=O)CCS)C(C)C. The minimum Gasteiger partial charge on any atom is -0.340 e. The number of hydrogen-bond acceptors (Lipinski definition) is 2. The van der Waals surface area contributed by atoms with E-state index in [9.17, 15) is 4.79 Å². The van der Waals surface area contributed by atoms with Crippen LogP contribution in [0.15, 0.2) is 0 Å². The molecule has 0 N–H and O–H groups in total. The van der Waals surface area contributed by atoms with Crippen molar-refractivity contribution in [1.29, 1.82) is 0 Å². The van der Waals surface area contributed by atoms with E-state index in [1.807, 2.05) is 18.7 Å². The molecule has 0 spiro atoms. The van der Waals surface area contributed by atoms with Gasteiger partial charge in [-0.3, -0.25) is 4.79 Å². The zero-order valence-electron chi connectivity index (χ0n) is 8.21. The molecule has 0 rings (SSSR count). The fourth-order valence-corrected chi connectivity index (χ4v) is 1.34. The first-order valence-corrected chi connectivity index (χ1v) is 5.17. The van der Waals surface area contributed by atoms with Crippen LogP contribution in [0, 0.1) is 0 Å². The van der Waals surface area contributed by atoms with Crippen molar-refractivity contribution in [2.75, 3.05) is 12.3 Å². The third kappa shape index (κ3) is 4.00. The Bertz CT molecular complexity index is 136. The average molecular weight is 189 g/mol. The molecule has 1 amide bonds. The van der Waals surface area contributed by atoms with Crippen LogP contribution in [-0.4, -0.2) is 29.1 Å². The van der Waals surface area contributed by atoms with Crippen molar-refractivity contribution in [3.8, 4) is 0 Å². The highest BCUT2D eigenvalue weighted by molar-refractivity contribution is 7.80. The standard InChI is InChI=1S/C9H19NOS/c1-4-6-10(8(2)3)9(11)5-7-12/h8,12H,4-7H2,1-3H3. The van der Waals surface area contributed by atoms with Crippen LogP contribution in [0.5, 0.6) is 0 Å². The molecule has 0 aliphatic heterocycles. The van der Waals surface area contributed by atoms with Crippen LogP contribution in [0.4, 0.5) is 0 Å². The number of rotatable bonds is 5. The minimum atomic E-state index is 0.224. The van der Waals surface area contributed by atoms with Gasteiger partial charge in [0.1, 0.15) is 0 Å². The number of nitrogens with zero attached hydrogens (tertiary/aromatic N) is 1. The zero-order chi connectivity index (χ0) is 9.56. The summed E-state index contributed by atoms with van der Waals surface area (Å²) in [6.45, 7) is 7.05. The van der Waals surface area contributed by atoms with E-state index < -0.39 is 0 Å². The number of carbonyl (C=O) groups is 1. The molecular formula is C9H19NOS. The quantitative estimate of drug-likeness (QED) is 0.655. The van der Waals surface area contributed by atoms with E-state index in [0.29, 0.717) is 18.2 Å². The largest absolute Gasteiger partial charge is 0.340 e. The number of amides is 1. The smallest absolute Gasteiger partial charge is 0.223 e. The first-order chi connectivity index (χ1) is 5.63. The lowest BCUT2D eigenvalue weighted by Gasteiger charge is -2.26. The third-order valence-electron chi connectivity index (χ3n) is 1.73. The van der Waals surface area contributed by atoms with Gasteiger partial charge < -0.3 is 4.90 Å². The van der Waals surface area contributed by atoms with Gasteiger partial charge in [0, 0.05) is 19.0 Å². The molecule has 0 aromatic rings. The highest BCUT2D eigenvalue weighted by atomic mass is 32.1. The summed E-state index contributed by atoms with van der Waals surface area (Å²) in [7, 11) is 0. The van der Waals surface area contributed by atoms with Crippen molar-refractivity contribution in [2.45, 2.75) is 39.7 Å². The van der Waals surface area contributed by atoms with Crippen molar-refractivity contribution >= 4 is 18.5 Å². The molecule has 72 valence electrons. The molecule has 0 radical (unpaired) electrons. The molecule has 0 bridgehead atoms. The Hall–Kier alpha value is -0.180. The Labute approximate surface area is 80.7 Å². The minimum absolute atomic E-state index is 0.224. The van der Waals surface area contributed by atoms with E-state index in [0.717, 1.165) is 13.0 Å². The van der Waals surface area contributed by atoms with Crippen molar-refractivity contribution in [1.82, 2.24) is 4.90 Å². The molecule has 0 saturated heterocycles. The van der Waals surface area contributed by atoms with Gasteiger partial charge in [0.2, 0.25) is 5.91 Å². The summed E-state index contributed by atoms with van der Waals surface area (Å²) in [5.41, 5.74) is 0. The zero-order valence-corrected chi connectivity index (χ0v) is 9.10. The van der Waals surface area contributed by atoms with Gasteiger partial charge in [-0.25, -0.2) is 0 Å². The maximum atomic E-state index is 11.5. The lowest BCUT2D eigenvalue weighted by atomic mass is 10.2. The fourth-order valence-electron chi connectivity index (χ4n) is 1.15. The molecule has 2 nitrogen and oxygen atoms in total. The molecule has 0 fully saturated rings. The third-order valence-corrected chi connectivity index (χ3v) is 1.96. The van der Waals surface area contributed by atoms with Gasteiger partial charge in [-0.15, -0.1) is 0 Å². The monoisotopic (exact) mass is 189 g/mol. The number of carbonyl (C=O) groups excluding carboxylic acids is 1. The van der Waals surface area contributed by atoms with Crippen molar-refractivity contribution in [2.24, 2.45) is 0 Å². The second-order valence-corrected chi connectivity index (χ2v) is 3.60. The number of thiol groups is 1. The molecule has 3 heteroatoms. The predicted molar refractivity (Wildman–Crippen MR) is 55.6 cm³/mol. The Morgan fingerprint density at radius 1 is 1.50 bits per heavy atom. The molecule has 0 aliphatic carbocycles. The van der Waals surface area contributed by atoms with Crippen LogP contribution in [0.2, 0.25) is 0 Å². The Morgan fingerprint density at radius 2 is 2.08 bits per heavy atom. The molecule has 0 aromatic carbocycles. The summed E-state index contributed by atoms with van der Waals surface area (Å²) in [4.78, 5) is 13.4. The first kappa shape index (κ1) is 11.8. The lowest BCUT2D eigenvalue weighted by molar-refractivity contribution is -0.132. The number of hydrogen-bond donors (Lipinski definition) is 1. The molecule has 0 aromatic heterocycles. The topological polar surface area (TPSA) is 20.3 Å². The highest BCUT2D eigenvalue weighted by Crippen LogP contribution is 2.03. The van der Waals surface area contributed by atoms with Crippen LogP contribution < -0.4 is 0 Å². The summed E-state index contributed by atoms with van der Waals surface area (Å²) in [6, 6.07) is 0.317. The fraction of sp³-hybridized carbons (Fsp3) is 0.889. The molecule has 0 atom stereocenters. The van der Waals surface area contributed by atoms with E-state index >= 15 is 0 Å². The van der Waals surface area contributed by atoms with Crippen LogP contribution >= 0.6 is 12.6 Å². The van der Waals surface area contributed by atoms with Gasteiger partial charge in [0.05, 0.1) is 0 Å². The predicted octanol–water partition coefficient (Wildman–Crippen LogP) is 1.95. The Kier molecular flexibility index (Phi) is 6.25. The van der Waals surface area contributed by atoms with Crippen molar-refractivity contribution in [3.05, 3.63) is 0 Å². The molecule has 0 aliphatic rings. The van der Waals surface area contributed by atoms with E-state index in [-0.39, 0.29) is 5.91 Å². The first-order valence-electron chi connectivity index (χ1n) is 4.53. The maximum Gasteiger partial charge on any atom is 0.223 e. The van der Waals surface area contributed by atoms with E-state index in [1.54, 1.807) is 0 Å². The van der Waals surface area contributed by atoms with Crippen LogP contribution in [0.3, 0.4) is 0 Å². The van der Waals surface area contributed by atoms with E-state index in [1.165, 1.54) is 0 Å². The summed E-state index contributed by atoms with van der Waals surface area (Å²) < 4.78 is 0. The van der Waals surface area contributed by atoms with Gasteiger partial charge >= 0.3 is 0 Å². The van der Waals surface area contributed by atoms with Gasteiger partial charge in [0.25, 0.3) is 0 Å². The van der Waals surface area contributed by atoms with Gasteiger partial charge in [-0.1, -0.05) is 6.92 Å². The van der Waals surface area contributed by atoms with Crippen LogP contribution in [0.25, 0.3) is 0 Å². The summed E-state index contributed by atoms with van der Waals surface area (Å²) >= 11 is 4.04. The van der Waals surface area contributed by atoms with E-state index in [4.69, 9.17) is 0 Å². The summed E-state index contributed by atoms with van der Waals surface area (Å²) in [5.74, 6) is 0.869. The van der Waals surface area contributed by atoms with Gasteiger partial charge in [0.15, 0.2) is 0 Å². The molecule has 0 saturated carbocycles. The molecule has 0 unspecified atom stereocenters. The Morgan fingerprint density at radius 3 is 2.42 bits per heavy atom. The van der Waals surface area contributed by atoms with Crippen LogP contribution in [-0.2, 0) is 4.79 Å². The lowest BCUT2D eigenvalue weighted by Crippen LogP contribution is -2.37. The molecular weight excluding hydrogens is 170 g/mol. The van der Waals surface area contributed by atoms with Crippen molar-refractivity contribution < 1.29 is 4.79 Å². The maximum absolute atomic E-state index is 11.5. The highest BCUT2D eigenvalue weighted by Gasteiger charge is 2.14. The molecule has 0 heterocycles. The van der Waals surface area contributed by atoms with Crippen molar-refractivity contribution in [3.63, 3.8) is 0 Å². The summed E-state index contributed by atoms with van der Waals surface area (Å²) in [5, 5.41) is 0. The summed E-state index contributed by atoms with van der Waals surface area (Å²) in [6.07, 6.45) is 1.58. The second kappa shape index (κ2) is 6.35. The van der Waals surface area contributed by atoms with Gasteiger partial charge in [-0.2, -0.15) is 12.6 Å². The van der Waals surface area contributed by atoms with E-state index in [2.05, 4.69) is 19.6 Å². The normalized spacial score (nSPS) is 10.4.